The Hall–Kier alpha value is -0.0800. The lowest BCUT2D eigenvalue weighted by Crippen LogP contribution is -2.04. The van der Waals surface area contributed by atoms with Crippen LogP contribution in [0.1, 0.15) is 52.4 Å². The molecular weight excluding hydrogens is 176 g/mol. The molecule has 0 bridgehead atoms. The number of ether oxygens (including phenoxy) is 1. The Morgan fingerprint density at radius 2 is 1.86 bits per heavy atom. The second kappa shape index (κ2) is 11.0. The van der Waals surface area contributed by atoms with Crippen LogP contribution in [0, 0.1) is 5.92 Å². The van der Waals surface area contributed by atoms with Crippen molar-refractivity contribution in [3.8, 4) is 0 Å². The molecule has 0 spiro atoms. The summed E-state index contributed by atoms with van der Waals surface area (Å²) in [5.74, 6) is 0.593. The number of hydrogen-bond acceptors (Lipinski definition) is 2. The van der Waals surface area contributed by atoms with Gasteiger partial charge in [-0.05, 0) is 25.2 Å². The molecule has 0 aliphatic heterocycles. The van der Waals surface area contributed by atoms with Crippen LogP contribution in [0.5, 0.6) is 0 Å². The van der Waals surface area contributed by atoms with Crippen molar-refractivity contribution in [2.45, 2.75) is 52.4 Å². The highest BCUT2D eigenvalue weighted by Crippen LogP contribution is 2.06. The van der Waals surface area contributed by atoms with Crippen LogP contribution < -0.4 is 0 Å². The van der Waals surface area contributed by atoms with Gasteiger partial charge in [-0.1, -0.05) is 33.1 Å². The molecule has 0 saturated heterocycles. The van der Waals surface area contributed by atoms with E-state index in [0.717, 1.165) is 26.1 Å². The number of unbranched alkanes of at least 4 members (excludes halogenated alkanes) is 3. The van der Waals surface area contributed by atoms with E-state index in [-0.39, 0.29) is 0 Å². The minimum absolute atomic E-state index is 0.303. The molecule has 0 rings (SSSR count). The van der Waals surface area contributed by atoms with Crippen LogP contribution in [0.4, 0.5) is 0 Å². The maximum atomic E-state index is 8.70. The van der Waals surface area contributed by atoms with Gasteiger partial charge in [-0.3, -0.25) is 0 Å². The molecule has 0 fully saturated rings. The highest BCUT2D eigenvalue weighted by Gasteiger charge is 2.00. The molecule has 0 aromatic heterocycles. The highest BCUT2D eigenvalue weighted by atomic mass is 16.5. The van der Waals surface area contributed by atoms with E-state index < -0.39 is 0 Å². The zero-order chi connectivity index (χ0) is 10.6. The fourth-order valence-electron chi connectivity index (χ4n) is 1.38. The number of aliphatic hydroxyl groups is 1. The van der Waals surface area contributed by atoms with Crippen molar-refractivity contribution < 1.29 is 9.84 Å². The average molecular weight is 202 g/mol. The molecule has 2 heteroatoms. The molecule has 1 unspecified atom stereocenters. The Morgan fingerprint density at radius 3 is 2.50 bits per heavy atom. The van der Waals surface area contributed by atoms with E-state index in [4.69, 9.17) is 9.84 Å². The summed E-state index contributed by atoms with van der Waals surface area (Å²) in [6, 6.07) is 0. The molecule has 86 valence electrons. The third kappa shape index (κ3) is 10.0. The number of hydrogen-bond donors (Lipinski definition) is 1. The maximum Gasteiger partial charge on any atom is 0.0468 e. The van der Waals surface area contributed by atoms with Crippen molar-refractivity contribution in [1.29, 1.82) is 0 Å². The van der Waals surface area contributed by atoms with Gasteiger partial charge < -0.3 is 9.84 Å². The second-order valence-electron chi connectivity index (χ2n) is 4.08. The lowest BCUT2D eigenvalue weighted by Gasteiger charge is -2.09. The van der Waals surface area contributed by atoms with Gasteiger partial charge >= 0.3 is 0 Å². The van der Waals surface area contributed by atoms with Gasteiger partial charge in [0.05, 0.1) is 0 Å². The number of rotatable bonds is 10. The summed E-state index contributed by atoms with van der Waals surface area (Å²) in [6.07, 6.45) is 7.08. The summed E-state index contributed by atoms with van der Waals surface area (Å²) in [5, 5.41) is 8.70. The van der Waals surface area contributed by atoms with Crippen molar-refractivity contribution in [2.75, 3.05) is 19.8 Å². The third-order valence-electron chi connectivity index (χ3n) is 2.52. The monoisotopic (exact) mass is 202 g/mol. The summed E-state index contributed by atoms with van der Waals surface area (Å²) in [7, 11) is 0. The Morgan fingerprint density at radius 1 is 1.07 bits per heavy atom. The van der Waals surface area contributed by atoms with Crippen molar-refractivity contribution in [3.63, 3.8) is 0 Å². The fraction of sp³-hybridized carbons (Fsp3) is 1.00. The van der Waals surface area contributed by atoms with E-state index in [1.165, 1.54) is 25.7 Å². The van der Waals surface area contributed by atoms with E-state index >= 15 is 0 Å². The quantitative estimate of drug-likeness (QED) is 0.552. The summed E-state index contributed by atoms with van der Waals surface area (Å²) < 4.78 is 5.52. The van der Waals surface area contributed by atoms with Crippen LogP contribution >= 0.6 is 0 Å². The molecule has 1 N–H and O–H groups in total. The average Bonchev–Trinajstić information content (AvgIpc) is 2.17. The van der Waals surface area contributed by atoms with Crippen LogP contribution in [0.15, 0.2) is 0 Å². The van der Waals surface area contributed by atoms with Gasteiger partial charge in [-0.15, -0.1) is 0 Å². The topological polar surface area (TPSA) is 29.5 Å². The molecule has 0 aromatic rings. The molecule has 0 radical (unpaired) electrons. The molecule has 0 aromatic carbocycles. The highest BCUT2D eigenvalue weighted by molar-refractivity contribution is 4.51. The molecule has 0 saturated carbocycles. The molecule has 0 aliphatic rings. The van der Waals surface area contributed by atoms with Gasteiger partial charge in [0.1, 0.15) is 0 Å². The first-order valence-electron chi connectivity index (χ1n) is 5.99. The van der Waals surface area contributed by atoms with Gasteiger partial charge in [-0.25, -0.2) is 0 Å². The summed E-state index contributed by atoms with van der Waals surface area (Å²) in [6.45, 7) is 6.45. The Labute approximate surface area is 88.7 Å². The van der Waals surface area contributed by atoms with Crippen molar-refractivity contribution >= 4 is 0 Å². The molecule has 0 heterocycles. The zero-order valence-corrected chi connectivity index (χ0v) is 9.80. The minimum Gasteiger partial charge on any atom is -0.396 e. The maximum absolute atomic E-state index is 8.70. The van der Waals surface area contributed by atoms with Gasteiger partial charge in [0, 0.05) is 19.8 Å². The van der Waals surface area contributed by atoms with E-state index in [2.05, 4.69) is 13.8 Å². The predicted octanol–water partition coefficient (Wildman–Crippen LogP) is 2.99. The summed E-state index contributed by atoms with van der Waals surface area (Å²) in [5.41, 5.74) is 0. The lowest BCUT2D eigenvalue weighted by molar-refractivity contribution is 0.114. The fourth-order valence-corrected chi connectivity index (χ4v) is 1.38. The van der Waals surface area contributed by atoms with Crippen LogP contribution in [0.2, 0.25) is 0 Å². The molecule has 1 atom stereocenters. The van der Waals surface area contributed by atoms with Crippen molar-refractivity contribution in [3.05, 3.63) is 0 Å². The van der Waals surface area contributed by atoms with Crippen molar-refractivity contribution in [1.82, 2.24) is 0 Å². The molecule has 0 amide bonds. The zero-order valence-electron chi connectivity index (χ0n) is 9.80. The number of aliphatic hydroxyl groups excluding tert-OH is 1. The smallest absolute Gasteiger partial charge is 0.0468 e. The first-order chi connectivity index (χ1) is 6.81. The van der Waals surface area contributed by atoms with Gasteiger partial charge in [0.2, 0.25) is 0 Å². The Kier molecular flexibility index (Phi) is 10.9. The summed E-state index contributed by atoms with van der Waals surface area (Å²) in [4.78, 5) is 0. The summed E-state index contributed by atoms with van der Waals surface area (Å²) >= 11 is 0. The third-order valence-corrected chi connectivity index (χ3v) is 2.52. The van der Waals surface area contributed by atoms with Crippen LogP contribution in [0.25, 0.3) is 0 Å². The van der Waals surface area contributed by atoms with Gasteiger partial charge in [0.25, 0.3) is 0 Å². The van der Waals surface area contributed by atoms with Crippen LogP contribution in [0.3, 0.4) is 0 Å². The Bertz CT molecular complexity index is 104. The normalized spacial score (nSPS) is 13.1. The molecular formula is C12H26O2. The second-order valence-corrected chi connectivity index (χ2v) is 4.08. The minimum atomic E-state index is 0.303. The van der Waals surface area contributed by atoms with E-state index in [9.17, 15) is 0 Å². The van der Waals surface area contributed by atoms with Crippen LogP contribution in [-0.4, -0.2) is 24.9 Å². The molecule has 0 aliphatic carbocycles. The first-order valence-corrected chi connectivity index (χ1v) is 5.99. The lowest BCUT2D eigenvalue weighted by atomic mass is 10.1. The van der Waals surface area contributed by atoms with E-state index in [0.29, 0.717) is 12.5 Å². The van der Waals surface area contributed by atoms with Gasteiger partial charge in [-0.2, -0.15) is 0 Å². The molecule has 2 nitrogen and oxygen atoms in total. The predicted molar refractivity (Wildman–Crippen MR) is 60.4 cm³/mol. The van der Waals surface area contributed by atoms with Crippen molar-refractivity contribution in [2.24, 2.45) is 5.92 Å². The first kappa shape index (κ1) is 13.9. The largest absolute Gasteiger partial charge is 0.396 e. The van der Waals surface area contributed by atoms with E-state index in [1.807, 2.05) is 0 Å². The molecule has 14 heavy (non-hydrogen) atoms. The SMILES string of the molecule is CCCCCCOCCC(C)CCO. The Balaban J connectivity index is 2.98. The van der Waals surface area contributed by atoms with Gasteiger partial charge in [0.15, 0.2) is 0 Å². The standard InChI is InChI=1S/C12H26O2/c1-3-4-5-6-10-14-11-8-12(2)7-9-13/h12-13H,3-11H2,1-2H3. The van der Waals surface area contributed by atoms with E-state index in [1.54, 1.807) is 0 Å². The van der Waals surface area contributed by atoms with Crippen LogP contribution in [-0.2, 0) is 4.74 Å².